The molecule has 29 heavy (non-hydrogen) atoms. The molecule has 0 N–H and O–H groups in total. The Bertz CT molecular complexity index is 927. The molecule has 0 bridgehead atoms. The van der Waals surface area contributed by atoms with E-state index in [9.17, 15) is 4.57 Å². The van der Waals surface area contributed by atoms with E-state index in [-0.39, 0.29) is 0 Å². The van der Waals surface area contributed by atoms with Crippen molar-refractivity contribution in [1.29, 1.82) is 0 Å². The number of hydrogen-bond acceptors (Lipinski definition) is 1. The molecule has 5 heteroatoms. The molecule has 0 aliphatic heterocycles. The first-order valence-corrected chi connectivity index (χ1v) is 11.8. The van der Waals surface area contributed by atoms with Gasteiger partial charge in [-0.1, -0.05) is 72.8 Å². The highest BCUT2D eigenvalue weighted by molar-refractivity contribution is 7.92. The monoisotopic (exact) mass is 418 g/mol. The molecule has 0 amide bonds. The van der Waals surface area contributed by atoms with Crippen LogP contribution in [0.25, 0.3) is 0 Å². The fraction of sp³-hybridized carbons (Fsp3) is 0. The zero-order valence-electron chi connectivity index (χ0n) is 15.7. The lowest BCUT2D eigenvalue weighted by Crippen LogP contribution is -2.23. The van der Waals surface area contributed by atoms with Crippen LogP contribution in [0.15, 0.2) is 121 Å². The second kappa shape index (κ2) is 8.57. The number of para-hydroxylation sites is 4. The second-order valence-corrected chi connectivity index (χ2v) is 9.51. The fourth-order valence-electron chi connectivity index (χ4n) is 3.23. The van der Waals surface area contributed by atoms with Crippen LogP contribution < -0.4 is 9.34 Å². The molecule has 0 aromatic heterocycles. The molecule has 0 saturated carbocycles. The van der Waals surface area contributed by atoms with Crippen LogP contribution >= 0.6 is 18.0 Å². The summed E-state index contributed by atoms with van der Waals surface area (Å²) in [5.74, 6) is 0. The van der Waals surface area contributed by atoms with Gasteiger partial charge in [0.05, 0.1) is 22.7 Å². The smallest absolute Gasteiger partial charge is 0.263 e. The summed E-state index contributed by atoms with van der Waals surface area (Å²) in [6.45, 7) is -3.66. The van der Waals surface area contributed by atoms with Gasteiger partial charge in [0.25, 0.3) is 0 Å². The second-order valence-electron chi connectivity index (χ2n) is 6.44. The average molecular weight is 419 g/mol. The predicted molar refractivity (Wildman–Crippen MR) is 124 cm³/mol. The van der Waals surface area contributed by atoms with E-state index in [2.05, 4.69) is 0 Å². The van der Waals surface area contributed by atoms with Gasteiger partial charge in [-0.3, -0.25) is 13.9 Å². The van der Waals surface area contributed by atoms with Crippen molar-refractivity contribution in [2.24, 2.45) is 0 Å². The highest BCUT2D eigenvalue weighted by Gasteiger charge is 2.38. The summed E-state index contributed by atoms with van der Waals surface area (Å²) in [5, 5.41) is 0. The van der Waals surface area contributed by atoms with Crippen LogP contribution in [0.4, 0.5) is 22.7 Å². The predicted octanol–water partition coefficient (Wildman–Crippen LogP) is 8.01. The van der Waals surface area contributed by atoms with E-state index in [0.29, 0.717) is 0 Å². The third kappa shape index (κ3) is 4.07. The van der Waals surface area contributed by atoms with Gasteiger partial charge >= 0.3 is 6.80 Å². The third-order valence-corrected chi connectivity index (χ3v) is 7.31. The Kier molecular flexibility index (Phi) is 5.71. The summed E-state index contributed by atoms with van der Waals surface area (Å²) in [6.07, 6.45) is 0. The topological polar surface area (TPSA) is 23.6 Å². The molecule has 0 atom stereocenters. The van der Waals surface area contributed by atoms with Crippen molar-refractivity contribution in [2.75, 3.05) is 9.34 Å². The van der Waals surface area contributed by atoms with E-state index >= 15 is 0 Å². The molecule has 3 nitrogen and oxygen atoms in total. The highest BCUT2D eigenvalue weighted by Crippen LogP contribution is 2.66. The van der Waals surface area contributed by atoms with Gasteiger partial charge in [0.1, 0.15) is 0 Å². The Morgan fingerprint density at radius 1 is 0.448 bits per heavy atom. The van der Waals surface area contributed by atoms with Gasteiger partial charge in [-0.05, 0) is 59.8 Å². The number of rotatable bonds is 6. The summed E-state index contributed by atoms with van der Waals surface area (Å²) in [4.78, 5) is 0. The number of benzene rings is 4. The minimum Gasteiger partial charge on any atom is -0.263 e. The standard InChI is InChI=1S/C24H20ClN2OP/c25-29(28,26(21-13-5-1-6-14-21)22-15-7-2-8-16-22)27(23-17-9-3-10-18-23)24-19-11-4-12-20-24/h1-20H. The summed E-state index contributed by atoms with van der Waals surface area (Å²) in [6, 6.07) is 38.3. The molecule has 4 aromatic carbocycles. The van der Waals surface area contributed by atoms with Crippen LogP contribution in [-0.4, -0.2) is 0 Å². The molecular formula is C24H20ClN2OP. The van der Waals surface area contributed by atoms with E-state index in [1.165, 1.54) is 0 Å². The first-order valence-electron chi connectivity index (χ1n) is 9.29. The lowest BCUT2D eigenvalue weighted by Gasteiger charge is -2.37. The van der Waals surface area contributed by atoms with Crippen molar-refractivity contribution < 1.29 is 4.57 Å². The van der Waals surface area contributed by atoms with Crippen LogP contribution in [0, 0.1) is 0 Å². The Balaban J connectivity index is 1.93. The Labute approximate surface area is 176 Å². The molecule has 0 radical (unpaired) electrons. The lowest BCUT2D eigenvalue weighted by atomic mass is 10.3. The zero-order chi connectivity index (χ0) is 20.1. The minimum absolute atomic E-state index is 0.758. The maximum Gasteiger partial charge on any atom is 0.361 e. The van der Waals surface area contributed by atoms with E-state index in [0.717, 1.165) is 22.7 Å². The van der Waals surface area contributed by atoms with Crippen molar-refractivity contribution in [1.82, 2.24) is 0 Å². The highest BCUT2D eigenvalue weighted by atomic mass is 35.7. The van der Waals surface area contributed by atoms with E-state index in [4.69, 9.17) is 11.2 Å². The summed E-state index contributed by atoms with van der Waals surface area (Å²) in [7, 11) is 0. The lowest BCUT2D eigenvalue weighted by molar-refractivity contribution is 0.584. The maximum atomic E-state index is 14.4. The molecule has 144 valence electrons. The van der Waals surface area contributed by atoms with Crippen LogP contribution in [0.2, 0.25) is 0 Å². The number of nitrogens with zero attached hydrogens (tertiary/aromatic N) is 2. The van der Waals surface area contributed by atoms with Gasteiger partial charge in [0.15, 0.2) is 0 Å². The summed E-state index contributed by atoms with van der Waals surface area (Å²) in [5.41, 5.74) is 3.03. The minimum atomic E-state index is -3.66. The van der Waals surface area contributed by atoms with Gasteiger partial charge in [0, 0.05) is 0 Å². The quantitative estimate of drug-likeness (QED) is 0.296. The Morgan fingerprint density at radius 3 is 0.862 bits per heavy atom. The average Bonchev–Trinajstić information content (AvgIpc) is 2.77. The molecule has 4 rings (SSSR count). The SMILES string of the molecule is O=P(Cl)(N(c1ccccc1)c1ccccc1)N(c1ccccc1)c1ccccc1. The van der Waals surface area contributed by atoms with Crippen LogP contribution in [0.3, 0.4) is 0 Å². The van der Waals surface area contributed by atoms with Crippen molar-refractivity contribution in [3.05, 3.63) is 121 Å². The number of hydrogen-bond donors (Lipinski definition) is 0. The third-order valence-electron chi connectivity index (χ3n) is 4.50. The summed E-state index contributed by atoms with van der Waals surface area (Å²) >= 11 is 7.01. The van der Waals surface area contributed by atoms with Gasteiger partial charge in [-0.2, -0.15) is 0 Å². The molecule has 0 spiro atoms. The van der Waals surface area contributed by atoms with Gasteiger partial charge in [-0.25, -0.2) is 0 Å². The van der Waals surface area contributed by atoms with Crippen molar-refractivity contribution in [3.63, 3.8) is 0 Å². The van der Waals surface area contributed by atoms with E-state index in [1.807, 2.05) is 121 Å². The number of halogens is 1. The Morgan fingerprint density at radius 2 is 0.655 bits per heavy atom. The zero-order valence-corrected chi connectivity index (χ0v) is 17.3. The molecule has 0 fully saturated rings. The van der Waals surface area contributed by atoms with E-state index < -0.39 is 6.80 Å². The molecular weight excluding hydrogens is 399 g/mol. The number of anilines is 4. The molecule has 4 aromatic rings. The largest absolute Gasteiger partial charge is 0.361 e. The normalized spacial score (nSPS) is 11.1. The van der Waals surface area contributed by atoms with E-state index in [1.54, 1.807) is 9.34 Å². The van der Waals surface area contributed by atoms with Crippen LogP contribution in [-0.2, 0) is 4.57 Å². The molecule has 0 unspecified atom stereocenters. The fourth-order valence-corrected chi connectivity index (χ4v) is 6.13. The molecule has 0 saturated heterocycles. The molecule has 0 heterocycles. The van der Waals surface area contributed by atoms with Crippen LogP contribution in [0.5, 0.6) is 0 Å². The maximum absolute atomic E-state index is 14.4. The van der Waals surface area contributed by atoms with Gasteiger partial charge in [-0.15, -0.1) is 0 Å². The van der Waals surface area contributed by atoms with Gasteiger partial charge < -0.3 is 0 Å². The summed E-state index contributed by atoms with van der Waals surface area (Å²) < 4.78 is 17.9. The van der Waals surface area contributed by atoms with Gasteiger partial charge in [0.2, 0.25) is 0 Å². The first-order chi connectivity index (χ1) is 14.2. The van der Waals surface area contributed by atoms with Crippen LogP contribution in [0.1, 0.15) is 0 Å². The first kappa shape index (κ1) is 19.3. The molecule has 0 aliphatic rings. The van der Waals surface area contributed by atoms with Crippen molar-refractivity contribution in [2.45, 2.75) is 0 Å². The molecule has 0 aliphatic carbocycles. The van der Waals surface area contributed by atoms with Crippen molar-refractivity contribution in [3.8, 4) is 0 Å². The van der Waals surface area contributed by atoms with Crippen molar-refractivity contribution >= 4 is 40.8 Å². The Hall–Kier alpha value is -3.00.